The second kappa shape index (κ2) is 4.40. The summed E-state index contributed by atoms with van der Waals surface area (Å²) in [6.07, 6.45) is -1.59. The molecule has 2 aromatic carbocycles. The molecule has 22 heavy (non-hydrogen) atoms. The van der Waals surface area contributed by atoms with Crippen LogP contribution in [-0.4, -0.2) is 18.0 Å². The van der Waals surface area contributed by atoms with E-state index in [1.54, 1.807) is 42.5 Å². The number of Topliss-reactive ketones (excluding diaryl/α,β-unsaturated/α-hetero) is 1. The van der Waals surface area contributed by atoms with Crippen molar-refractivity contribution in [2.75, 3.05) is 0 Å². The number of alkyl halides is 2. The van der Waals surface area contributed by atoms with Crippen molar-refractivity contribution in [1.29, 1.82) is 0 Å². The fraction of sp³-hybridized carbons (Fsp3) is 0.118. The largest absolute Gasteiger partial charge is 0.443 e. The van der Waals surface area contributed by atoms with Gasteiger partial charge in [0.15, 0.2) is 0 Å². The molecule has 0 radical (unpaired) electrons. The number of hydrogen-bond acceptors (Lipinski definition) is 3. The lowest BCUT2D eigenvalue weighted by Gasteiger charge is -2.40. The maximum Gasteiger partial charge on any atom is 0.344 e. The van der Waals surface area contributed by atoms with E-state index in [9.17, 15) is 13.6 Å². The molecule has 4 rings (SSSR count). The molecule has 3 nitrogen and oxygen atoms in total. The normalized spacial score (nSPS) is 22.0. The molecule has 110 valence electrons. The van der Waals surface area contributed by atoms with E-state index in [0.717, 1.165) is 0 Å². The Balaban J connectivity index is 1.98. The maximum absolute atomic E-state index is 13.8. The molecule has 5 heteroatoms. The van der Waals surface area contributed by atoms with Crippen LogP contribution in [0.2, 0.25) is 0 Å². The molecule has 0 aromatic heterocycles. The van der Waals surface area contributed by atoms with Crippen LogP contribution in [0.3, 0.4) is 0 Å². The Labute approximate surface area is 124 Å². The summed E-state index contributed by atoms with van der Waals surface area (Å²) >= 11 is 0. The van der Waals surface area contributed by atoms with Gasteiger partial charge in [0.1, 0.15) is 11.5 Å². The van der Waals surface area contributed by atoms with Crippen LogP contribution in [0.15, 0.2) is 54.1 Å². The van der Waals surface area contributed by atoms with Crippen molar-refractivity contribution in [3.05, 3.63) is 65.2 Å². The zero-order valence-corrected chi connectivity index (χ0v) is 11.3. The van der Waals surface area contributed by atoms with E-state index >= 15 is 0 Å². The maximum atomic E-state index is 13.8. The molecule has 0 bridgehead atoms. The zero-order valence-electron chi connectivity index (χ0n) is 11.3. The van der Waals surface area contributed by atoms with Gasteiger partial charge < -0.3 is 9.47 Å². The number of hydrogen-bond donors (Lipinski definition) is 0. The third-order valence-electron chi connectivity index (χ3n) is 3.78. The van der Waals surface area contributed by atoms with E-state index < -0.39 is 18.0 Å². The van der Waals surface area contributed by atoms with Gasteiger partial charge in [-0.1, -0.05) is 30.3 Å². The van der Waals surface area contributed by atoms with E-state index in [2.05, 4.69) is 0 Å². The molecule has 2 aromatic rings. The summed E-state index contributed by atoms with van der Waals surface area (Å²) in [4.78, 5) is 12.6. The van der Waals surface area contributed by atoms with Crippen molar-refractivity contribution in [2.45, 2.75) is 12.2 Å². The summed E-state index contributed by atoms with van der Waals surface area (Å²) in [7, 11) is 0. The van der Waals surface area contributed by atoms with Gasteiger partial charge >= 0.3 is 12.2 Å². The van der Waals surface area contributed by atoms with Gasteiger partial charge in [0, 0.05) is 5.56 Å². The first kappa shape index (κ1) is 13.0. The smallest absolute Gasteiger partial charge is 0.344 e. The second-order valence-corrected chi connectivity index (χ2v) is 5.09. The van der Waals surface area contributed by atoms with Gasteiger partial charge in [-0.2, -0.15) is 0 Å². The minimum absolute atomic E-state index is 0.101. The van der Waals surface area contributed by atoms with Gasteiger partial charge in [0.05, 0.1) is 11.1 Å². The van der Waals surface area contributed by atoms with E-state index in [1.165, 1.54) is 12.1 Å². The van der Waals surface area contributed by atoms with Crippen molar-refractivity contribution >= 4 is 11.9 Å². The molecule has 0 aliphatic carbocycles. The molecule has 1 atom stereocenters. The summed E-state index contributed by atoms with van der Waals surface area (Å²) in [6.45, 7) is 0. The topological polar surface area (TPSA) is 35.5 Å². The molecule has 2 aliphatic heterocycles. The second-order valence-electron chi connectivity index (χ2n) is 5.09. The van der Waals surface area contributed by atoms with Crippen molar-refractivity contribution in [3.63, 3.8) is 0 Å². The Kier molecular flexibility index (Phi) is 2.60. The van der Waals surface area contributed by atoms with Crippen molar-refractivity contribution in [3.8, 4) is 11.5 Å². The Hall–Kier alpha value is -2.69. The molecular weight excluding hydrogens is 290 g/mol. The molecular formula is C17H10F2O3. The van der Waals surface area contributed by atoms with Crippen LogP contribution in [0.5, 0.6) is 11.5 Å². The van der Waals surface area contributed by atoms with Gasteiger partial charge in [0.2, 0.25) is 5.78 Å². The first-order valence-electron chi connectivity index (χ1n) is 6.73. The van der Waals surface area contributed by atoms with Gasteiger partial charge in [0.25, 0.3) is 0 Å². The predicted molar refractivity (Wildman–Crippen MR) is 75.2 cm³/mol. The van der Waals surface area contributed by atoms with Crippen LogP contribution in [0.1, 0.15) is 15.9 Å². The fourth-order valence-electron chi connectivity index (χ4n) is 2.73. The Morgan fingerprint density at radius 2 is 1.55 bits per heavy atom. The first-order valence-corrected chi connectivity index (χ1v) is 6.73. The standard InChI is InChI=1S/C17H10F2O3/c18-16(19)17-12(9-10-5-1-3-7-13(10)21-17)15(20)11-6-2-4-8-14(11)22-17/h1-9,16H. The summed E-state index contributed by atoms with van der Waals surface area (Å²) in [6, 6.07) is 13.0. The number of carbonyl (C=O) groups is 1. The number of carbonyl (C=O) groups excluding carboxylic acids is 1. The minimum atomic E-state index is -3.01. The van der Waals surface area contributed by atoms with E-state index in [1.807, 2.05) is 0 Å². The summed E-state index contributed by atoms with van der Waals surface area (Å²) in [5, 5.41) is 0. The number of ether oxygens (including phenoxy) is 2. The molecule has 1 unspecified atom stereocenters. The average Bonchev–Trinajstić information content (AvgIpc) is 2.53. The lowest BCUT2D eigenvalue weighted by molar-refractivity contribution is -0.176. The highest BCUT2D eigenvalue weighted by Crippen LogP contribution is 2.45. The zero-order chi connectivity index (χ0) is 15.3. The third-order valence-corrected chi connectivity index (χ3v) is 3.78. The lowest BCUT2D eigenvalue weighted by Crippen LogP contribution is -2.56. The number of fused-ring (bicyclic) bond motifs is 3. The van der Waals surface area contributed by atoms with Crippen molar-refractivity contribution in [2.24, 2.45) is 0 Å². The minimum Gasteiger partial charge on any atom is -0.443 e. The molecule has 2 heterocycles. The lowest BCUT2D eigenvalue weighted by atomic mass is 9.89. The van der Waals surface area contributed by atoms with E-state index in [0.29, 0.717) is 5.56 Å². The fourth-order valence-corrected chi connectivity index (χ4v) is 2.73. The Morgan fingerprint density at radius 1 is 0.909 bits per heavy atom. The highest BCUT2D eigenvalue weighted by Gasteiger charge is 2.57. The van der Waals surface area contributed by atoms with Crippen molar-refractivity contribution in [1.82, 2.24) is 0 Å². The molecule has 0 N–H and O–H groups in total. The average molecular weight is 300 g/mol. The highest BCUT2D eigenvalue weighted by atomic mass is 19.3. The number of rotatable bonds is 1. The van der Waals surface area contributed by atoms with Crippen LogP contribution in [-0.2, 0) is 0 Å². The number of benzene rings is 2. The van der Waals surface area contributed by atoms with Crippen LogP contribution in [0.25, 0.3) is 6.08 Å². The predicted octanol–water partition coefficient (Wildman–Crippen LogP) is 3.70. The number of para-hydroxylation sites is 2. The quantitative estimate of drug-likeness (QED) is 0.805. The van der Waals surface area contributed by atoms with Gasteiger partial charge in [-0.15, -0.1) is 0 Å². The molecule has 2 aliphatic rings. The van der Waals surface area contributed by atoms with Crippen LogP contribution in [0.4, 0.5) is 8.78 Å². The molecule has 0 saturated heterocycles. The summed E-state index contributed by atoms with van der Waals surface area (Å²) < 4.78 is 38.4. The van der Waals surface area contributed by atoms with Gasteiger partial charge in [-0.05, 0) is 24.3 Å². The van der Waals surface area contributed by atoms with Crippen molar-refractivity contribution < 1.29 is 23.0 Å². The third kappa shape index (κ3) is 1.62. The molecule has 0 spiro atoms. The van der Waals surface area contributed by atoms with Crippen LogP contribution >= 0.6 is 0 Å². The van der Waals surface area contributed by atoms with E-state index in [-0.39, 0.29) is 22.6 Å². The van der Waals surface area contributed by atoms with Gasteiger partial charge in [-0.25, -0.2) is 8.78 Å². The Bertz CT molecular complexity index is 813. The van der Waals surface area contributed by atoms with Crippen LogP contribution < -0.4 is 9.47 Å². The molecule has 0 fully saturated rings. The van der Waals surface area contributed by atoms with Gasteiger partial charge in [-0.3, -0.25) is 4.79 Å². The number of ketones is 1. The van der Waals surface area contributed by atoms with Crippen LogP contribution in [0, 0.1) is 0 Å². The Morgan fingerprint density at radius 3 is 2.32 bits per heavy atom. The SMILES string of the molecule is O=C1C2=Cc3ccccc3OC2(C(F)F)Oc2ccccc21. The van der Waals surface area contributed by atoms with E-state index in [4.69, 9.17) is 9.47 Å². The number of halogens is 2. The monoisotopic (exact) mass is 300 g/mol. The summed E-state index contributed by atoms with van der Waals surface area (Å²) in [5.74, 6) is -2.53. The first-order chi connectivity index (χ1) is 10.6. The summed E-state index contributed by atoms with van der Waals surface area (Å²) in [5.41, 5.74) is 0.651. The highest BCUT2D eigenvalue weighted by molar-refractivity contribution is 6.15. The molecule has 0 amide bonds. The molecule has 0 saturated carbocycles.